The van der Waals surface area contributed by atoms with E-state index in [-0.39, 0.29) is 11.2 Å². The zero-order valence-corrected chi connectivity index (χ0v) is 10.9. The molecule has 0 bridgehead atoms. The summed E-state index contributed by atoms with van der Waals surface area (Å²) in [4.78, 5) is 10.3. The Bertz CT molecular complexity index is 485. The number of allylic oxidation sites excluding steroid dienone is 2. The van der Waals surface area contributed by atoms with Gasteiger partial charge in [-0.25, -0.2) is 0 Å². The third kappa shape index (κ3) is 2.80. The Hall–Kier alpha value is -2.03. The third-order valence-electron chi connectivity index (χ3n) is 2.88. The van der Waals surface area contributed by atoms with Gasteiger partial charge in [0.25, 0.3) is 0 Å². The molecule has 3 nitrogen and oxygen atoms in total. The molecule has 0 heterocycles. The second-order valence-electron chi connectivity index (χ2n) is 4.49. The van der Waals surface area contributed by atoms with E-state index in [4.69, 9.17) is 4.74 Å². The molecule has 0 aromatic heterocycles. The van der Waals surface area contributed by atoms with Gasteiger partial charge in [0.05, 0.1) is 7.11 Å². The lowest BCUT2D eigenvalue weighted by atomic mass is 9.83. The molecule has 0 aliphatic carbocycles. The van der Waals surface area contributed by atoms with Gasteiger partial charge in [0, 0.05) is 22.6 Å². The minimum absolute atomic E-state index is 0.143. The zero-order chi connectivity index (χ0) is 13.8. The summed E-state index contributed by atoms with van der Waals surface area (Å²) in [6.45, 7) is 7.65. The van der Waals surface area contributed by atoms with Crippen molar-refractivity contribution in [3.05, 3.63) is 42.0 Å². The number of carbonyl (C=O) groups excluding carboxylic acids is 1. The molecule has 0 saturated carbocycles. The minimum Gasteiger partial charge on any atom is -0.507 e. The van der Waals surface area contributed by atoms with Crippen molar-refractivity contribution in [3.8, 4) is 11.5 Å². The van der Waals surface area contributed by atoms with Crippen LogP contribution in [-0.4, -0.2) is 18.5 Å². The monoisotopic (exact) mass is 245 g/mol. The highest BCUT2D eigenvalue weighted by Crippen LogP contribution is 2.37. The van der Waals surface area contributed by atoms with Gasteiger partial charge >= 0.3 is 0 Å². The number of ether oxygens (including phenoxy) is 1. The predicted molar refractivity (Wildman–Crippen MR) is 72.6 cm³/mol. The largest absolute Gasteiger partial charge is 0.507 e. The molecule has 1 rings (SSSR count). The van der Waals surface area contributed by atoms with E-state index < -0.39 is 0 Å². The molecule has 1 N–H and O–H groups in total. The van der Waals surface area contributed by atoms with Crippen molar-refractivity contribution >= 4 is 12.4 Å². The molecule has 18 heavy (non-hydrogen) atoms. The van der Waals surface area contributed by atoms with Crippen LogP contribution >= 0.6 is 0 Å². The van der Waals surface area contributed by atoms with Crippen LogP contribution in [0.2, 0.25) is 0 Å². The van der Waals surface area contributed by atoms with Crippen molar-refractivity contribution in [3.63, 3.8) is 0 Å². The van der Waals surface area contributed by atoms with E-state index in [9.17, 15) is 9.90 Å². The quantitative estimate of drug-likeness (QED) is 0.640. The molecule has 0 spiro atoms. The Morgan fingerprint density at radius 3 is 2.61 bits per heavy atom. The summed E-state index contributed by atoms with van der Waals surface area (Å²) in [7, 11) is 1.51. The summed E-state index contributed by atoms with van der Waals surface area (Å²) in [5, 5.41) is 10.0. The molecule has 0 amide bonds. The number of phenolic OH excluding ortho intramolecular Hbond substituents is 1. The van der Waals surface area contributed by atoms with Gasteiger partial charge in [-0.05, 0) is 18.2 Å². The van der Waals surface area contributed by atoms with E-state index in [0.717, 1.165) is 5.56 Å². The predicted octanol–water partition coefficient (Wildman–Crippen LogP) is 2.99. The number of hydrogen-bond donors (Lipinski definition) is 1. The van der Waals surface area contributed by atoms with E-state index in [0.29, 0.717) is 11.3 Å². The van der Waals surface area contributed by atoms with Crippen molar-refractivity contribution in [2.75, 3.05) is 7.11 Å². The highest BCUT2D eigenvalue weighted by Gasteiger charge is 2.21. The molecular formula is C15H17O3. The first kappa shape index (κ1) is 14.0. The van der Waals surface area contributed by atoms with Crippen LogP contribution in [0.3, 0.4) is 0 Å². The Morgan fingerprint density at radius 2 is 2.11 bits per heavy atom. The van der Waals surface area contributed by atoms with Gasteiger partial charge in [0.15, 0.2) is 0 Å². The third-order valence-corrected chi connectivity index (χ3v) is 2.88. The fourth-order valence-corrected chi connectivity index (χ4v) is 1.64. The number of aromatic hydroxyl groups is 1. The number of rotatable bonds is 5. The van der Waals surface area contributed by atoms with Crippen LogP contribution < -0.4 is 4.74 Å². The summed E-state index contributed by atoms with van der Waals surface area (Å²) < 4.78 is 5.16. The Balaban J connectivity index is 3.43. The fraction of sp³-hybridized carbons (Fsp3) is 0.267. The zero-order valence-electron chi connectivity index (χ0n) is 10.9. The molecular weight excluding hydrogens is 228 g/mol. The first-order valence-electron chi connectivity index (χ1n) is 5.55. The minimum atomic E-state index is -0.371. The highest BCUT2D eigenvalue weighted by molar-refractivity contribution is 5.76. The van der Waals surface area contributed by atoms with Crippen molar-refractivity contribution in [2.45, 2.75) is 19.3 Å². The summed E-state index contributed by atoms with van der Waals surface area (Å²) in [5.74, 6) is 0.645. The molecule has 95 valence electrons. The summed E-state index contributed by atoms with van der Waals surface area (Å²) in [6.07, 6.45) is 6.30. The second kappa shape index (κ2) is 5.54. The molecule has 0 atom stereocenters. The molecule has 0 saturated heterocycles. The first-order chi connectivity index (χ1) is 8.46. The summed E-state index contributed by atoms with van der Waals surface area (Å²) >= 11 is 0. The van der Waals surface area contributed by atoms with Crippen LogP contribution in [0.25, 0.3) is 6.08 Å². The maximum atomic E-state index is 10.3. The topological polar surface area (TPSA) is 46.5 Å². The maximum absolute atomic E-state index is 10.3. The van der Waals surface area contributed by atoms with E-state index in [2.05, 4.69) is 6.58 Å². The Labute approximate surface area is 107 Å². The second-order valence-corrected chi connectivity index (χ2v) is 4.49. The molecule has 0 aliphatic rings. The summed E-state index contributed by atoms with van der Waals surface area (Å²) in [5.41, 5.74) is 1.07. The fourth-order valence-electron chi connectivity index (χ4n) is 1.64. The van der Waals surface area contributed by atoms with Gasteiger partial charge < -0.3 is 9.84 Å². The van der Waals surface area contributed by atoms with Crippen LogP contribution in [0.4, 0.5) is 0 Å². The van der Waals surface area contributed by atoms with Crippen molar-refractivity contribution in [1.82, 2.24) is 0 Å². The van der Waals surface area contributed by atoms with E-state index >= 15 is 0 Å². The van der Waals surface area contributed by atoms with Gasteiger partial charge in [0.2, 0.25) is 6.29 Å². The van der Waals surface area contributed by atoms with Gasteiger partial charge in [-0.2, -0.15) is 0 Å². The van der Waals surface area contributed by atoms with Crippen LogP contribution in [0.15, 0.2) is 30.9 Å². The highest BCUT2D eigenvalue weighted by atomic mass is 16.5. The molecule has 3 heteroatoms. The van der Waals surface area contributed by atoms with E-state index in [1.54, 1.807) is 24.5 Å². The number of hydrogen-bond acceptors (Lipinski definition) is 3. The molecule has 1 radical (unpaired) electrons. The van der Waals surface area contributed by atoms with Crippen molar-refractivity contribution < 1.29 is 14.6 Å². The average Bonchev–Trinajstić information content (AvgIpc) is 2.36. The standard InChI is InChI=1S/C15H17O3/c1-5-15(2,3)12-9-11(7-6-8-16)14(18-4)10-13(12)17/h5-7,9-10,17H,1H2,2-4H3/b7-6+. The lowest BCUT2D eigenvalue weighted by Gasteiger charge is -2.23. The lowest BCUT2D eigenvalue weighted by Crippen LogP contribution is -2.13. The number of methoxy groups -OCH3 is 1. The average molecular weight is 245 g/mol. The smallest absolute Gasteiger partial charge is 0.225 e. The van der Waals surface area contributed by atoms with E-state index in [1.807, 2.05) is 13.8 Å². The van der Waals surface area contributed by atoms with Crippen LogP contribution in [-0.2, 0) is 10.2 Å². The van der Waals surface area contributed by atoms with Crippen LogP contribution in [0.1, 0.15) is 25.0 Å². The Kier molecular flexibility index (Phi) is 4.32. The SMILES string of the molecule is C=CC(C)(C)c1cc(/C=C/[C]=O)c(OC)cc1O. The lowest BCUT2D eigenvalue weighted by molar-refractivity contribution is 0.403. The van der Waals surface area contributed by atoms with Gasteiger partial charge in [-0.3, -0.25) is 4.79 Å². The number of phenols is 1. The van der Waals surface area contributed by atoms with E-state index in [1.165, 1.54) is 19.3 Å². The molecule has 0 unspecified atom stereocenters. The normalized spacial score (nSPS) is 11.5. The summed E-state index contributed by atoms with van der Waals surface area (Å²) in [6, 6.07) is 3.31. The first-order valence-corrected chi connectivity index (χ1v) is 5.55. The maximum Gasteiger partial charge on any atom is 0.225 e. The van der Waals surface area contributed by atoms with Gasteiger partial charge in [0.1, 0.15) is 11.5 Å². The molecule has 1 aromatic rings. The van der Waals surface area contributed by atoms with Gasteiger partial charge in [-0.1, -0.05) is 19.9 Å². The molecule has 0 aliphatic heterocycles. The molecule has 0 fully saturated rings. The molecule has 1 aromatic carbocycles. The van der Waals surface area contributed by atoms with Crippen molar-refractivity contribution in [2.24, 2.45) is 0 Å². The van der Waals surface area contributed by atoms with Gasteiger partial charge in [-0.15, -0.1) is 6.58 Å². The Morgan fingerprint density at radius 1 is 1.44 bits per heavy atom. The number of benzene rings is 1. The van der Waals surface area contributed by atoms with Crippen LogP contribution in [0, 0.1) is 0 Å². The van der Waals surface area contributed by atoms with Crippen molar-refractivity contribution in [1.29, 1.82) is 0 Å². The van der Waals surface area contributed by atoms with Crippen LogP contribution in [0.5, 0.6) is 11.5 Å².